The van der Waals surface area contributed by atoms with Gasteiger partial charge in [-0.3, -0.25) is 0 Å². The quantitative estimate of drug-likeness (QED) is 0.807. The lowest BCUT2D eigenvalue weighted by Gasteiger charge is -2.04. The first kappa shape index (κ1) is 11.4. The lowest BCUT2D eigenvalue weighted by molar-refractivity contribution is 0.465. The molecular formula is C12H12ClO2S+. The number of fused-ring (bicyclic) bond motifs is 1. The summed E-state index contributed by atoms with van der Waals surface area (Å²) in [6, 6.07) is 5.99. The van der Waals surface area contributed by atoms with Gasteiger partial charge >= 0.3 is 5.97 Å². The van der Waals surface area contributed by atoms with Crippen molar-refractivity contribution in [2.45, 2.75) is 19.8 Å². The first-order chi connectivity index (χ1) is 7.50. The van der Waals surface area contributed by atoms with Gasteiger partial charge in [-0.05, 0) is 17.5 Å². The van der Waals surface area contributed by atoms with Gasteiger partial charge in [0, 0.05) is 10.1 Å². The third-order valence-corrected chi connectivity index (χ3v) is 4.18. The van der Waals surface area contributed by atoms with Gasteiger partial charge < -0.3 is 9.90 Å². The first-order valence-electron chi connectivity index (χ1n) is 4.98. The van der Waals surface area contributed by atoms with E-state index in [1.54, 1.807) is 0 Å². The van der Waals surface area contributed by atoms with Crippen LogP contribution in [0.5, 0.6) is 0 Å². The Bertz CT molecular complexity index is 557. The van der Waals surface area contributed by atoms with Crippen LogP contribution in [0.2, 0.25) is 5.02 Å². The number of hydrogen-bond donors (Lipinski definition) is 1. The Labute approximate surface area is 102 Å². The molecule has 0 aliphatic carbocycles. The number of carboxylic acids is 1. The van der Waals surface area contributed by atoms with Crippen molar-refractivity contribution in [3.05, 3.63) is 33.7 Å². The van der Waals surface area contributed by atoms with E-state index in [0.717, 1.165) is 10.1 Å². The fraction of sp³-hybridized carbons (Fsp3) is 0.250. The lowest BCUT2D eigenvalue weighted by Crippen LogP contribution is -1.93. The Balaban J connectivity index is 2.67. The second kappa shape index (κ2) is 4.07. The van der Waals surface area contributed by atoms with Crippen LogP contribution in [-0.2, 0) is 0 Å². The van der Waals surface area contributed by atoms with Crippen molar-refractivity contribution in [1.82, 2.24) is 0 Å². The largest absolute Gasteiger partial charge is 0.527 e. The monoisotopic (exact) mass is 255 g/mol. The molecule has 0 atom stereocenters. The van der Waals surface area contributed by atoms with Crippen molar-refractivity contribution in [1.29, 1.82) is 0 Å². The highest BCUT2D eigenvalue weighted by Gasteiger charge is 2.21. The summed E-state index contributed by atoms with van der Waals surface area (Å²) < 4.78 is 0.979. The average molecular weight is 256 g/mol. The van der Waals surface area contributed by atoms with Gasteiger partial charge in [0.15, 0.2) is 4.88 Å². The highest BCUT2D eigenvalue weighted by molar-refractivity contribution is 7.21. The molecule has 1 heterocycles. The molecule has 0 saturated heterocycles. The number of aromatic carboxylic acids is 1. The molecule has 1 aromatic heterocycles. The molecule has 0 saturated carbocycles. The molecule has 0 spiro atoms. The Morgan fingerprint density at radius 3 is 2.69 bits per heavy atom. The van der Waals surface area contributed by atoms with Crippen LogP contribution in [0.3, 0.4) is 0 Å². The Hall–Kier alpha value is -1.06. The Morgan fingerprint density at radius 1 is 1.44 bits per heavy atom. The second-order valence-corrected chi connectivity index (χ2v) is 5.41. The number of thiophene rings is 1. The van der Waals surface area contributed by atoms with Crippen molar-refractivity contribution in [3.8, 4) is 0 Å². The predicted molar refractivity (Wildman–Crippen MR) is 69.6 cm³/mol. The number of aliphatic hydroxyl groups excluding tert-OH is 1. The molecule has 0 amide bonds. The normalized spacial score (nSPS) is 11.2. The summed E-state index contributed by atoms with van der Waals surface area (Å²) in [5.74, 6) is -0.266. The summed E-state index contributed by atoms with van der Waals surface area (Å²) in [7, 11) is 0. The van der Waals surface area contributed by atoms with E-state index in [2.05, 4.69) is 13.8 Å². The first-order valence-corrected chi connectivity index (χ1v) is 6.17. The molecule has 0 bridgehead atoms. The van der Waals surface area contributed by atoms with Gasteiger partial charge in [-0.25, -0.2) is 0 Å². The highest BCUT2D eigenvalue weighted by Crippen LogP contribution is 2.36. The zero-order valence-corrected chi connectivity index (χ0v) is 10.6. The Kier molecular flexibility index (Phi) is 2.91. The molecule has 2 aromatic rings. The van der Waals surface area contributed by atoms with E-state index >= 15 is 0 Å². The van der Waals surface area contributed by atoms with Crippen LogP contribution in [0, 0.1) is 0 Å². The molecule has 84 valence electrons. The summed E-state index contributed by atoms with van der Waals surface area (Å²) in [5, 5.41) is 10.4. The number of carboxylic acid groups (broad SMARTS) is 1. The van der Waals surface area contributed by atoms with Gasteiger partial charge in [0.1, 0.15) is 0 Å². The Morgan fingerprint density at radius 2 is 2.12 bits per heavy atom. The van der Waals surface area contributed by atoms with Crippen LogP contribution in [-0.4, -0.2) is 15.9 Å². The average Bonchev–Trinajstić information content (AvgIpc) is 2.55. The summed E-state index contributed by atoms with van der Waals surface area (Å²) in [5.41, 5.74) is 1.22. The molecule has 1 aromatic carbocycles. The number of hydrogen-bond acceptors (Lipinski definition) is 1. The fourth-order valence-electron chi connectivity index (χ4n) is 1.58. The molecule has 0 fully saturated rings. The maximum Gasteiger partial charge on any atom is 0.527 e. The SMILES string of the molecule is CC(C)c1ccc2c(Cl)c(C(O)=[OH+])sc2c1. The van der Waals surface area contributed by atoms with Gasteiger partial charge in [-0.15, -0.1) is 11.3 Å². The maximum atomic E-state index is 9.08. The van der Waals surface area contributed by atoms with Gasteiger partial charge in [0.05, 0.1) is 5.02 Å². The van der Waals surface area contributed by atoms with Gasteiger partial charge in [0.2, 0.25) is 0 Å². The van der Waals surface area contributed by atoms with E-state index in [1.165, 1.54) is 16.9 Å². The molecular weight excluding hydrogens is 244 g/mol. The molecule has 4 heteroatoms. The third-order valence-electron chi connectivity index (χ3n) is 2.52. The molecule has 0 unspecified atom stereocenters. The summed E-state index contributed by atoms with van der Waals surface area (Å²) in [4.78, 5) is 9.41. The van der Waals surface area contributed by atoms with Gasteiger partial charge in [-0.1, -0.05) is 37.6 Å². The molecule has 0 radical (unpaired) electrons. The minimum atomic E-state index is -0.711. The predicted octanol–water partition coefficient (Wildman–Crippen LogP) is 4.09. The lowest BCUT2D eigenvalue weighted by atomic mass is 10.0. The van der Waals surface area contributed by atoms with Crippen molar-refractivity contribution < 1.29 is 9.90 Å². The van der Waals surface area contributed by atoms with Crippen LogP contribution in [0.1, 0.15) is 30.2 Å². The zero-order chi connectivity index (χ0) is 11.9. The standard InChI is InChI=1S/C12H11ClO2S/c1-6(2)7-3-4-8-9(5-7)16-11(10(8)13)12(14)15/h3-6H,1-2H3,(H,14,15)/p+1. The van der Waals surface area contributed by atoms with Crippen LogP contribution in [0.4, 0.5) is 0 Å². The van der Waals surface area contributed by atoms with E-state index < -0.39 is 5.97 Å². The number of rotatable bonds is 2. The van der Waals surface area contributed by atoms with Crippen molar-refractivity contribution in [2.24, 2.45) is 0 Å². The van der Waals surface area contributed by atoms with Gasteiger partial charge in [-0.2, -0.15) is 0 Å². The van der Waals surface area contributed by atoms with Crippen LogP contribution >= 0.6 is 22.9 Å². The van der Waals surface area contributed by atoms with E-state index in [0.29, 0.717) is 15.8 Å². The van der Waals surface area contributed by atoms with E-state index in [1.807, 2.05) is 18.2 Å². The maximum absolute atomic E-state index is 9.08. The molecule has 0 aliphatic heterocycles. The van der Waals surface area contributed by atoms with Crippen LogP contribution in [0.15, 0.2) is 18.2 Å². The summed E-state index contributed by atoms with van der Waals surface area (Å²) in [6.45, 7) is 4.24. The second-order valence-electron chi connectivity index (χ2n) is 3.98. The fourth-order valence-corrected chi connectivity index (χ4v) is 2.99. The number of halogens is 1. The zero-order valence-electron chi connectivity index (χ0n) is 8.99. The molecule has 16 heavy (non-hydrogen) atoms. The molecule has 0 aliphatic rings. The van der Waals surface area contributed by atoms with E-state index in [-0.39, 0.29) is 0 Å². The molecule has 2 rings (SSSR count). The van der Waals surface area contributed by atoms with Crippen LogP contribution < -0.4 is 0 Å². The summed E-state index contributed by atoms with van der Waals surface area (Å²) in [6.07, 6.45) is 0. The van der Waals surface area contributed by atoms with Crippen molar-refractivity contribution >= 4 is 39.0 Å². The third kappa shape index (κ3) is 1.81. The van der Waals surface area contributed by atoms with Crippen molar-refractivity contribution in [2.75, 3.05) is 0 Å². The van der Waals surface area contributed by atoms with E-state index in [4.69, 9.17) is 21.5 Å². The highest BCUT2D eigenvalue weighted by atomic mass is 35.5. The molecule has 2 nitrogen and oxygen atoms in total. The minimum Gasteiger partial charge on any atom is -0.334 e. The van der Waals surface area contributed by atoms with E-state index in [9.17, 15) is 0 Å². The summed E-state index contributed by atoms with van der Waals surface area (Å²) >= 11 is 7.35. The topological polar surface area (TPSA) is 41.6 Å². The van der Waals surface area contributed by atoms with Crippen LogP contribution in [0.25, 0.3) is 10.1 Å². The smallest absolute Gasteiger partial charge is 0.334 e. The minimum absolute atomic E-state index is 0.331. The molecule has 2 N–H and O–H groups in total. The number of benzene rings is 1. The van der Waals surface area contributed by atoms with Crippen molar-refractivity contribution in [3.63, 3.8) is 0 Å². The van der Waals surface area contributed by atoms with Gasteiger partial charge in [0.25, 0.3) is 0 Å².